The highest BCUT2D eigenvalue weighted by molar-refractivity contribution is 6.17. The molecule has 4 nitrogen and oxygen atoms in total. The average Bonchev–Trinajstić information content (AvgIpc) is 2.84. The van der Waals surface area contributed by atoms with E-state index < -0.39 is 0 Å². The third-order valence-corrected chi connectivity index (χ3v) is 3.45. The van der Waals surface area contributed by atoms with Crippen molar-refractivity contribution in [1.82, 2.24) is 14.5 Å². The Morgan fingerprint density at radius 3 is 2.76 bits per heavy atom. The van der Waals surface area contributed by atoms with Crippen molar-refractivity contribution in [2.45, 2.75) is 12.8 Å². The number of imidazole rings is 1. The van der Waals surface area contributed by atoms with Crippen LogP contribution in [0.3, 0.4) is 0 Å². The fourth-order valence-electron chi connectivity index (χ4n) is 2.28. The zero-order valence-corrected chi connectivity index (χ0v) is 12.4. The minimum atomic E-state index is -0.364. The molecule has 0 saturated heterocycles. The first-order chi connectivity index (χ1) is 10.1. The summed E-state index contributed by atoms with van der Waals surface area (Å²) >= 11 is 5.99. The summed E-state index contributed by atoms with van der Waals surface area (Å²) in [7, 11) is 1.50. The highest BCUT2D eigenvalue weighted by Gasteiger charge is 2.16. The predicted octanol–water partition coefficient (Wildman–Crippen LogP) is 3.62. The Bertz CT molecular complexity index is 816. The van der Waals surface area contributed by atoms with E-state index in [-0.39, 0.29) is 11.7 Å². The summed E-state index contributed by atoms with van der Waals surface area (Å²) in [6.45, 7) is 1.90. The zero-order valence-electron chi connectivity index (χ0n) is 11.6. The Morgan fingerprint density at radius 1 is 1.24 bits per heavy atom. The van der Waals surface area contributed by atoms with E-state index >= 15 is 0 Å². The van der Waals surface area contributed by atoms with Gasteiger partial charge in [-0.05, 0) is 31.2 Å². The molecule has 0 bridgehead atoms. The van der Waals surface area contributed by atoms with Gasteiger partial charge in [0.2, 0.25) is 0 Å². The maximum Gasteiger partial charge on any atom is 0.165 e. The molecule has 0 amide bonds. The van der Waals surface area contributed by atoms with E-state index in [0.717, 1.165) is 11.2 Å². The predicted molar refractivity (Wildman–Crippen MR) is 79.7 cm³/mol. The zero-order chi connectivity index (χ0) is 15.0. The van der Waals surface area contributed by atoms with Gasteiger partial charge in [-0.1, -0.05) is 0 Å². The molecule has 21 heavy (non-hydrogen) atoms. The van der Waals surface area contributed by atoms with Gasteiger partial charge in [-0.2, -0.15) is 0 Å². The summed E-state index contributed by atoms with van der Waals surface area (Å²) in [6, 6.07) is 8.11. The van der Waals surface area contributed by atoms with Crippen molar-refractivity contribution in [2.24, 2.45) is 0 Å². The number of fused-ring (bicyclic) bond motifs is 1. The van der Waals surface area contributed by atoms with Crippen molar-refractivity contribution >= 4 is 22.8 Å². The van der Waals surface area contributed by atoms with Crippen LogP contribution < -0.4 is 4.74 Å². The number of hydrogen-bond acceptors (Lipinski definition) is 3. The molecule has 0 aliphatic carbocycles. The van der Waals surface area contributed by atoms with Crippen LogP contribution in [-0.2, 0) is 5.88 Å². The van der Waals surface area contributed by atoms with Gasteiger partial charge >= 0.3 is 0 Å². The lowest BCUT2D eigenvalue weighted by atomic mass is 10.2. The van der Waals surface area contributed by atoms with Gasteiger partial charge in [0.15, 0.2) is 5.65 Å². The molecule has 1 aromatic carbocycles. The third kappa shape index (κ3) is 2.34. The fourth-order valence-corrected chi connectivity index (χ4v) is 2.46. The van der Waals surface area contributed by atoms with Gasteiger partial charge in [0.05, 0.1) is 18.7 Å². The van der Waals surface area contributed by atoms with Gasteiger partial charge in [-0.15, -0.1) is 11.6 Å². The molecule has 0 spiro atoms. The number of benzene rings is 1. The van der Waals surface area contributed by atoms with Crippen LogP contribution in [0.2, 0.25) is 0 Å². The second kappa shape index (κ2) is 5.33. The van der Waals surface area contributed by atoms with Gasteiger partial charge in [0.25, 0.3) is 0 Å². The van der Waals surface area contributed by atoms with Crippen LogP contribution in [0.25, 0.3) is 16.9 Å². The van der Waals surface area contributed by atoms with Crippen LogP contribution in [0.15, 0.2) is 30.3 Å². The largest absolute Gasteiger partial charge is 0.494 e. The van der Waals surface area contributed by atoms with E-state index in [1.54, 1.807) is 10.6 Å². The topological polar surface area (TPSA) is 39.9 Å². The number of halogens is 2. The van der Waals surface area contributed by atoms with Crippen molar-refractivity contribution in [3.8, 4) is 11.4 Å². The SMILES string of the molecule is COc1cc(F)ccc1-n1c(CCl)nc2ccc(C)nc21. The molecule has 2 aromatic heterocycles. The van der Waals surface area contributed by atoms with Crippen LogP contribution in [0, 0.1) is 12.7 Å². The maximum atomic E-state index is 13.4. The summed E-state index contributed by atoms with van der Waals surface area (Å²) in [5, 5.41) is 0. The van der Waals surface area contributed by atoms with Gasteiger partial charge in [0.1, 0.15) is 22.9 Å². The lowest BCUT2D eigenvalue weighted by Gasteiger charge is -2.12. The van der Waals surface area contributed by atoms with Crippen molar-refractivity contribution in [1.29, 1.82) is 0 Å². The smallest absolute Gasteiger partial charge is 0.165 e. The Morgan fingerprint density at radius 2 is 2.05 bits per heavy atom. The second-order valence-corrected chi connectivity index (χ2v) is 4.88. The number of aromatic nitrogens is 3. The van der Waals surface area contributed by atoms with Crippen LogP contribution in [0.5, 0.6) is 5.75 Å². The van der Waals surface area contributed by atoms with Crippen LogP contribution in [-0.4, -0.2) is 21.6 Å². The number of ether oxygens (including phenoxy) is 1. The maximum absolute atomic E-state index is 13.4. The van der Waals surface area contributed by atoms with Gasteiger partial charge in [-0.25, -0.2) is 14.4 Å². The van der Waals surface area contributed by atoms with Crippen molar-refractivity contribution in [2.75, 3.05) is 7.11 Å². The quantitative estimate of drug-likeness (QED) is 0.694. The van der Waals surface area contributed by atoms with Gasteiger partial charge < -0.3 is 4.74 Å². The molecule has 6 heteroatoms. The number of rotatable bonds is 3. The molecule has 3 aromatic rings. The minimum Gasteiger partial charge on any atom is -0.494 e. The molecule has 2 heterocycles. The fraction of sp³-hybridized carbons (Fsp3) is 0.200. The number of aryl methyl sites for hydroxylation is 1. The lowest BCUT2D eigenvalue weighted by Crippen LogP contribution is -2.03. The molecular weight excluding hydrogens is 293 g/mol. The first kappa shape index (κ1) is 13.8. The Kier molecular flexibility index (Phi) is 3.51. The highest BCUT2D eigenvalue weighted by atomic mass is 35.5. The molecule has 0 aliphatic heterocycles. The summed E-state index contributed by atoms with van der Waals surface area (Å²) in [5.74, 6) is 0.894. The van der Waals surface area contributed by atoms with E-state index in [4.69, 9.17) is 16.3 Å². The van der Waals surface area contributed by atoms with E-state index in [1.807, 2.05) is 19.1 Å². The number of hydrogen-bond donors (Lipinski definition) is 0. The van der Waals surface area contributed by atoms with Crippen LogP contribution >= 0.6 is 11.6 Å². The minimum absolute atomic E-state index is 0.218. The van der Waals surface area contributed by atoms with E-state index in [0.29, 0.717) is 22.9 Å². The molecule has 3 rings (SSSR count). The van der Waals surface area contributed by atoms with Crippen molar-refractivity contribution in [3.05, 3.63) is 47.7 Å². The Labute approximate surface area is 126 Å². The third-order valence-electron chi connectivity index (χ3n) is 3.22. The first-order valence-electron chi connectivity index (χ1n) is 6.39. The van der Waals surface area contributed by atoms with E-state index in [1.165, 1.54) is 19.2 Å². The molecule has 0 unspecified atom stereocenters. The van der Waals surface area contributed by atoms with Gasteiger partial charge in [0, 0.05) is 11.8 Å². The average molecular weight is 306 g/mol. The summed E-state index contributed by atoms with van der Waals surface area (Å²) in [5.41, 5.74) is 2.94. The molecule has 108 valence electrons. The lowest BCUT2D eigenvalue weighted by molar-refractivity contribution is 0.409. The van der Waals surface area contributed by atoms with Crippen molar-refractivity contribution in [3.63, 3.8) is 0 Å². The molecular formula is C15H13ClFN3O. The van der Waals surface area contributed by atoms with Crippen LogP contribution in [0.1, 0.15) is 11.5 Å². The number of pyridine rings is 1. The van der Waals surface area contributed by atoms with E-state index in [2.05, 4.69) is 9.97 Å². The molecule has 0 fully saturated rings. The number of methoxy groups -OCH3 is 1. The van der Waals surface area contributed by atoms with Gasteiger partial charge in [-0.3, -0.25) is 4.57 Å². The van der Waals surface area contributed by atoms with Crippen molar-refractivity contribution < 1.29 is 9.13 Å². The molecule has 0 aliphatic rings. The van der Waals surface area contributed by atoms with E-state index in [9.17, 15) is 4.39 Å². The Hall–Kier alpha value is -2.14. The Balaban J connectivity index is 2.35. The monoisotopic (exact) mass is 305 g/mol. The summed E-state index contributed by atoms with van der Waals surface area (Å²) < 4.78 is 20.5. The molecule has 0 saturated carbocycles. The summed E-state index contributed by atoms with van der Waals surface area (Å²) in [6.07, 6.45) is 0. The normalized spacial score (nSPS) is 11.0. The number of alkyl halides is 1. The second-order valence-electron chi connectivity index (χ2n) is 4.61. The molecule has 0 atom stereocenters. The molecule has 0 radical (unpaired) electrons. The highest BCUT2D eigenvalue weighted by Crippen LogP contribution is 2.29. The summed E-state index contributed by atoms with van der Waals surface area (Å²) in [4.78, 5) is 8.98. The number of nitrogens with zero attached hydrogens (tertiary/aromatic N) is 3. The molecule has 0 N–H and O–H groups in total. The van der Waals surface area contributed by atoms with Crippen LogP contribution in [0.4, 0.5) is 4.39 Å². The standard InChI is InChI=1S/C15H13ClFN3O/c1-9-3-5-11-15(18-9)20(14(8-16)19-11)12-6-4-10(17)7-13(12)21-2/h3-7H,8H2,1-2H3. The first-order valence-corrected chi connectivity index (χ1v) is 6.92.